The van der Waals surface area contributed by atoms with Crippen molar-refractivity contribution in [1.29, 1.82) is 0 Å². The van der Waals surface area contributed by atoms with Crippen LogP contribution in [0.5, 0.6) is 0 Å². The first kappa shape index (κ1) is 16.4. The standard InChI is InChI=1S/C18H15FN2O2S/c1-11-4-3-5-14(10-11)17-20-21-18(23-17)24-12(2)16(22)13-6-8-15(19)9-7-13/h3-10,12H,1-2H3/t12-/m0/s1. The van der Waals surface area contributed by atoms with Crippen molar-refractivity contribution in [3.8, 4) is 11.5 Å². The molecule has 6 heteroatoms. The predicted octanol–water partition coefficient (Wildman–Crippen LogP) is 4.55. The second-order valence-corrected chi connectivity index (χ2v) is 6.67. The molecule has 1 aromatic heterocycles. The van der Waals surface area contributed by atoms with E-state index in [9.17, 15) is 9.18 Å². The normalized spacial score (nSPS) is 12.1. The maximum atomic E-state index is 12.9. The van der Waals surface area contributed by atoms with Gasteiger partial charge < -0.3 is 4.42 Å². The van der Waals surface area contributed by atoms with E-state index in [0.717, 1.165) is 11.1 Å². The highest BCUT2D eigenvalue weighted by atomic mass is 32.2. The van der Waals surface area contributed by atoms with Crippen LogP contribution >= 0.6 is 11.8 Å². The number of ketones is 1. The molecule has 0 unspecified atom stereocenters. The summed E-state index contributed by atoms with van der Waals surface area (Å²) in [6.07, 6.45) is 0. The van der Waals surface area contributed by atoms with Gasteiger partial charge in [0.25, 0.3) is 5.22 Å². The van der Waals surface area contributed by atoms with E-state index in [0.29, 0.717) is 16.7 Å². The second kappa shape index (κ2) is 6.97. The lowest BCUT2D eigenvalue weighted by Crippen LogP contribution is -2.13. The summed E-state index contributed by atoms with van der Waals surface area (Å²) in [4.78, 5) is 12.3. The van der Waals surface area contributed by atoms with Gasteiger partial charge in [-0.1, -0.05) is 29.5 Å². The number of thioether (sulfide) groups is 1. The van der Waals surface area contributed by atoms with E-state index in [1.807, 2.05) is 31.2 Å². The Morgan fingerprint density at radius 3 is 2.62 bits per heavy atom. The summed E-state index contributed by atoms with van der Waals surface area (Å²) in [7, 11) is 0. The highest BCUT2D eigenvalue weighted by Crippen LogP contribution is 2.28. The minimum absolute atomic E-state index is 0.115. The summed E-state index contributed by atoms with van der Waals surface area (Å²) in [6, 6.07) is 13.2. The molecule has 0 spiro atoms. The smallest absolute Gasteiger partial charge is 0.277 e. The molecule has 0 amide bonds. The molecule has 0 aliphatic heterocycles. The van der Waals surface area contributed by atoms with Crippen LogP contribution in [-0.4, -0.2) is 21.2 Å². The number of nitrogens with zero attached hydrogens (tertiary/aromatic N) is 2. The summed E-state index contributed by atoms with van der Waals surface area (Å²) in [6.45, 7) is 3.74. The van der Waals surface area contributed by atoms with E-state index in [1.54, 1.807) is 6.92 Å². The van der Waals surface area contributed by atoms with Crippen LogP contribution in [0.2, 0.25) is 0 Å². The lowest BCUT2D eigenvalue weighted by molar-refractivity contribution is 0.0993. The third kappa shape index (κ3) is 3.71. The van der Waals surface area contributed by atoms with Crippen LogP contribution < -0.4 is 0 Å². The topological polar surface area (TPSA) is 56.0 Å². The molecule has 0 bridgehead atoms. The number of aromatic nitrogens is 2. The zero-order valence-corrected chi connectivity index (χ0v) is 14.0. The predicted molar refractivity (Wildman–Crippen MR) is 90.5 cm³/mol. The van der Waals surface area contributed by atoms with Crippen LogP contribution in [0.15, 0.2) is 58.2 Å². The SMILES string of the molecule is Cc1cccc(-c2nnc(S[C@@H](C)C(=O)c3ccc(F)cc3)o2)c1. The molecule has 3 aromatic rings. The Morgan fingerprint density at radius 1 is 1.17 bits per heavy atom. The fraction of sp³-hybridized carbons (Fsp3) is 0.167. The number of carbonyl (C=O) groups is 1. The summed E-state index contributed by atoms with van der Waals surface area (Å²) >= 11 is 1.19. The number of carbonyl (C=O) groups excluding carboxylic acids is 1. The monoisotopic (exact) mass is 342 g/mol. The molecule has 1 heterocycles. The minimum atomic E-state index is -0.415. The summed E-state index contributed by atoms with van der Waals surface area (Å²) in [5, 5.41) is 7.93. The number of rotatable bonds is 5. The van der Waals surface area contributed by atoms with Gasteiger partial charge in [0.05, 0.1) is 5.25 Å². The van der Waals surface area contributed by atoms with Crippen molar-refractivity contribution in [3.63, 3.8) is 0 Å². The molecule has 0 fully saturated rings. The summed E-state index contributed by atoms with van der Waals surface area (Å²) in [5.74, 6) is -0.0653. The van der Waals surface area contributed by atoms with Crippen molar-refractivity contribution < 1.29 is 13.6 Å². The van der Waals surface area contributed by atoms with Gasteiger partial charge in [-0.3, -0.25) is 4.79 Å². The molecule has 4 nitrogen and oxygen atoms in total. The molecule has 0 radical (unpaired) electrons. The molecular weight excluding hydrogens is 327 g/mol. The maximum absolute atomic E-state index is 12.9. The Bertz CT molecular complexity index is 861. The fourth-order valence-corrected chi connectivity index (χ4v) is 2.97. The Labute approximate surface area is 143 Å². The third-order valence-electron chi connectivity index (χ3n) is 3.45. The molecule has 1 atom stereocenters. The molecule has 24 heavy (non-hydrogen) atoms. The van der Waals surface area contributed by atoms with Crippen molar-refractivity contribution >= 4 is 17.5 Å². The molecule has 0 aliphatic carbocycles. The van der Waals surface area contributed by atoms with E-state index < -0.39 is 5.25 Å². The van der Waals surface area contributed by atoms with Crippen LogP contribution in [0.1, 0.15) is 22.8 Å². The number of aryl methyl sites for hydroxylation is 1. The van der Waals surface area contributed by atoms with E-state index >= 15 is 0 Å². The van der Waals surface area contributed by atoms with Gasteiger partial charge in [-0.25, -0.2) is 4.39 Å². The average Bonchev–Trinajstić information content (AvgIpc) is 3.03. The summed E-state index contributed by atoms with van der Waals surface area (Å²) in [5.41, 5.74) is 2.39. The fourth-order valence-electron chi connectivity index (χ4n) is 2.21. The second-order valence-electron chi connectivity index (χ2n) is 5.37. The van der Waals surface area contributed by atoms with Gasteiger partial charge in [0.1, 0.15) is 5.82 Å². The first-order valence-electron chi connectivity index (χ1n) is 7.40. The van der Waals surface area contributed by atoms with Gasteiger partial charge in [0.2, 0.25) is 5.89 Å². The lowest BCUT2D eigenvalue weighted by atomic mass is 10.1. The zero-order chi connectivity index (χ0) is 17.1. The van der Waals surface area contributed by atoms with Crippen molar-refractivity contribution in [2.24, 2.45) is 0 Å². The molecule has 122 valence electrons. The zero-order valence-electron chi connectivity index (χ0n) is 13.2. The molecule has 3 rings (SSSR count). The molecule has 0 N–H and O–H groups in total. The highest BCUT2D eigenvalue weighted by molar-refractivity contribution is 8.00. The third-order valence-corrected chi connectivity index (χ3v) is 4.38. The number of hydrogen-bond acceptors (Lipinski definition) is 5. The van der Waals surface area contributed by atoms with Crippen LogP contribution in [-0.2, 0) is 0 Å². The first-order valence-corrected chi connectivity index (χ1v) is 8.28. The van der Waals surface area contributed by atoms with Gasteiger partial charge in [-0.15, -0.1) is 10.2 Å². The number of halogens is 1. The van der Waals surface area contributed by atoms with E-state index in [-0.39, 0.29) is 11.6 Å². The highest BCUT2D eigenvalue weighted by Gasteiger charge is 2.20. The average molecular weight is 342 g/mol. The van der Waals surface area contributed by atoms with Crippen molar-refractivity contribution in [3.05, 3.63) is 65.5 Å². The Morgan fingerprint density at radius 2 is 1.92 bits per heavy atom. The van der Waals surface area contributed by atoms with Crippen molar-refractivity contribution in [1.82, 2.24) is 10.2 Å². The van der Waals surface area contributed by atoms with Gasteiger partial charge in [-0.2, -0.15) is 0 Å². The minimum Gasteiger partial charge on any atom is -0.411 e. The van der Waals surface area contributed by atoms with Crippen molar-refractivity contribution in [2.45, 2.75) is 24.3 Å². The van der Waals surface area contributed by atoms with Crippen LogP contribution in [0.25, 0.3) is 11.5 Å². The summed E-state index contributed by atoms with van der Waals surface area (Å²) < 4.78 is 18.6. The molecule has 0 saturated heterocycles. The Balaban J connectivity index is 1.72. The van der Waals surface area contributed by atoms with Gasteiger partial charge in [0, 0.05) is 11.1 Å². The molecular formula is C18H15FN2O2S. The maximum Gasteiger partial charge on any atom is 0.277 e. The first-order chi connectivity index (χ1) is 11.5. The van der Waals surface area contributed by atoms with E-state index in [1.165, 1.54) is 36.0 Å². The largest absolute Gasteiger partial charge is 0.411 e. The van der Waals surface area contributed by atoms with Crippen LogP contribution in [0.4, 0.5) is 4.39 Å². The lowest BCUT2D eigenvalue weighted by Gasteiger charge is -2.07. The number of hydrogen-bond donors (Lipinski definition) is 0. The van der Waals surface area contributed by atoms with E-state index in [4.69, 9.17) is 4.42 Å². The molecule has 0 saturated carbocycles. The van der Waals surface area contributed by atoms with Gasteiger partial charge in [-0.05, 0) is 50.2 Å². The van der Waals surface area contributed by atoms with Crippen LogP contribution in [0, 0.1) is 12.7 Å². The Kier molecular flexibility index (Phi) is 4.76. The van der Waals surface area contributed by atoms with Gasteiger partial charge in [0.15, 0.2) is 5.78 Å². The quantitative estimate of drug-likeness (QED) is 0.503. The van der Waals surface area contributed by atoms with Gasteiger partial charge >= 0.3 is 0 Å². The molecule has 2 aromatic carbocycles. The Hall–Kier alpha value is -2.47. The molecule has 0 aliphatic rings. The number of Topliss-reactive ketones (excluding diaryl/α,β-unsaturated/α-hetero) is 1. The van der Waals surface area contributed by atoms with Crippen molar-refractivity contribution in [2.75, 3.05) is 0 Å². The number of benzene rings is 2. The van der Waals surface area contributed by atoms with Crippen LogP contribution in [0.3, 0.4) is 0 Å². The van der Waals surface area contributed by atoms with E-state index in [2.05, 4.69) is 10.2 Å².